The van der Waals surface area contributed by atoms with Gasteiger partial charge in [-0.1, -0.05) is 26.7 Å². The molecule has 0 bridgehead atoms. The first-order valence-corrected chi connectivity index (χ1v) is 8.01. The second-order valence-electron chi connectivity index (χ2n) is 5.78. The van der Waals surface area contributed by atoms with Crippen LogP contribution in [0.5, 0.6) is 0 Å². The van der Waals surface area contributed by atoms with Gasteiger partial charge < -0.3 is 20.6 Å². The predicted octanol–water partition coefficient (Wildman–Crippen LogP) is 1.66. The Bertz CT molecular complexity index is 337. The number of hydrogen-bond donors (Lipinski definition) is 3. The molecule has 0 atom stereocenters. The number of amides is 2. The van der Waals surface area contributed by atoms with Crippen molar-refractivity contribution in [1.82, 2.24) is 15.5 Å². The molecular formula is C15H29N3O3. The number of carbonyl (C=O) groups is 2. The molecule has 1 rings (SSSR count). The van der Waals surface area contributed by atoms with Gasteiger partial charge in [-0.05, 0) is 38.9 Å². The van der Waals surface area contributed by atoms with E-state index in [0.717, 1.165) is 38.9 Å². The third-order valence-electron chi connectivity index (χ3n) is 4.43. The Labute approximate surface area is 127 Å². The summed E-state index contributed by atoms with van der Waals surface area (Å²) in [5.41, 5.74) is -0.751. The molecule has 0 aromatic carbocycles. The minimum absolute atomic E-state index is 0.226. The van der Waals surface area contributed by atoms with Crippen LogP contribution in [-0.4, -0.2) is 54.7 Å². The highest BCUT2D eigenvalue weighted by Crippen LogP contribution is 2.37. The van der Waals surface area contributed by atoms with Crippen molar-refractivity contribution in [3.05, 3.63) is 0 Å². The van der Waals surface area contributed by atoms with Gasteiger partial charge >= 0.3 is 12.0 Å². The number of carbonyl (C=O) groups excluding carboxylic acids is 1. The first-order valence-electron chi connectivity index (χ1n) is 8.01. The molecule has 0 heterocycles. The lowest BCUT2D eigenvalue weighted by molar-refractivity contribution is -0.148. The number of urea groups is 1. The normalized spacial score (nSPS) is 16.9. The molecule has 0 radical (unpaired) electrons. The lowest BCUT2D eigenvalue weighted by Gasteiger charge is -2.24. The highest BCUT2D eigenvalue weighted by molar-refractivity contribution is 5.78. The van der Waals surface area contributed by atoms with Gasteiger partial charge in [0.2, 0.25) is 0 Å². The van der Waals surface area contributed by atoms with Crippen molar-refractivity contribution in [2.45, 2.75) is 46.0 Å². The van der Waals surface area contributed by atoms with Crippen LogP contribution in [-0.2, 0) is 4.79 Å². The summed E-state index contributed by atoms with van der Waals surface area (Å²) in [6, 6.07) is -0.262. The van der Waals surface area contributed by atoms with Crippen LogP contribution < -0.4 is 10.6 Å². The van der Waals surface area contributed by atoms with Crippen molar-refractivity contribution in [2.75, 3.05) is 32.7 Å². The summed E-state index contributed by atoms with van der Waals surface area (Å²) in [4.78, 5) is 25.4. The van der Waals surface area contributed by atoms with Crippen LogP contribution in [0.15, 0.2) is 0 Å². The molecule has 21 heavy (non-hydrogen) atoms. The quantitative estimate of drug-likeness (QED) is 0.566. The summed E-state index contributed by atoms with van der Waals surface area (Å²) < 4.78 is 0. The summed E-state index contributed by atoms with van der Waals surface area (Å²) in [6.07, 6.45) is 4.08. The van der Waals surface area contributed by atoms with Crippen LogP contribution >= 0.6 is 0 Å². The third-order valence-corrected chi connectivity index (χ3v) is 4.43. The van der Waals surface area contributed by atoms with E-state index in [0.29, 0.717) is 19.4 Å². The Hall–Kier alpha value is -1.30. The van der Waals surface area contributed by atoms with E-state index in [2.05, 4.69) is 29.4 Å². The average molecular weight is 299 g/mol. The van der Waals surface area contributed by atoms with Gasteiger partial charge in [-0.25, -0.2) is 4.79 Å². The van der Waals surface area contributed by atoms with Crippen LogP contribution in [0.4, 0.5) is 4.79 Å². The molecule has 1 fully saturated rings. The van der Waals surface area contributed by atoms with E-state index >= 15 is 0 Å². The van der Waals surface area contributed by atoms with Gasteiger partial charge in [0, 0.05) is 13.1 Å². The first-order chi connectivity index (χ1) is 10.0. The zero-order chi connectivity index (χ0) is 15.7. The monoisotopic (exact) mass is 299 g/mol. The molecule has 122 valence electrons. The van der Waals surface area contributed by atoms with Crippen molar-refractivity contribution in [2.24, 2.45) is 5.41 Å². The molecule has 0 aromatic heterocycles. The highest BCUT2D eigenvalue weighted by Gasteiger charge is 2.41. The maximum atomic E-state index is 11.7. The molecule has 0 aliphatic heterocycles. The fourth-order valence-corrected chi connectivity index (χ4v) is 2.87. The summed E-state index contributed by atoms with van der Waals surface area (Å²) >= 11 is 0. The molecule has 0 spiro atoms. The van der Waals surface area contributed by atoms with Crippen molar-refractivity contribution in [1.29, 1.82) is 0 Å². The van der Waals surface area contributed by atoms with Crippen molar-refractivity contribution in [3.8, 4) is 0 Å². The van der Waals surface area contributed by atoms with E-state index in [4.69, 9.17) is 0 Å². The predicted molar refractivity (Wildman–Crippen MR) is 82.3 cm³/mol. The molecule has 1 saturated carbocycles. The molecule has 0 unspecified atom stereocenters. The number of nitrogens with zero attached hydrogens (tertiary/aromatic N) is 1. The molecule has 1 aliphatic rings. The van der Waals surface area contributed by atoms with Crippen LogP contribution in [0.3, 0.4) is 0 Å². The van der Waals surface area contributed by atoms with Gasteiger partial charge in [-0.2, -0.15) is 0 Å². The van der Waals surface area contributed by atoms with Gasteiger partial charge in [0.05, 0.1) is 5.41 Å². The molecule has 0 aromatic rings. The zero-order valence-electron chi connectivity index (χ0n) is 13.3. The Morgan fingerprint density at radius 1 is 1.14 bits per heavy atom. The maximum absolute atomic E-state index is 11.7. The SMILES string of the molecule is CCN(CC)CCCNC(=O)NCC1(C(=O)O)CCCC1. The van der Waals surface area contributed by atoms with Crippen molar-refractivity contribution < 1.29 is 14.7 Å². The minimum atomic E-state index is -0.790. The lowest BCUT2D eigenvalue weighted by Crippen LogP contribution is -2.45. The Kier molecular flexibility index (Phi) is 7.50. The molecule has 6 heteroatoms. The number of carboxylic acid groups (broad SMARTS) is 1. The van der Waals surface area contributed by atoms with Crippen LogP contribution in [0.25, 0.3) is 0 Å². The third kappa shape index (κ3) is 5.53. The van der Waals surface area contributed by atoms with Crippen molar-refractivity contribution in [3.63, 3.8) is 0 Å². The molecule has 3 N–H and O–H groups in total. The second-order valence-corrected chi connectivity index (χ2v) is 5.78. The van der Waals surface area contributed by atoms with Crippen LogP contribution in [0.1, 0.15) is 46.0 Å². The van der Waals surface area contributed by atoms with Gasteiger partial charge in [0.25, 0.3) is 0 Å². The van der Waals surface area contributed by atoms with E-state index in [1.807, 2.05) is 0 Å². The van der Waals surface area contributed by atoms with E-state index in [1.54, 1.807) is 0 Å². The largest absolute Gasteiger partial charge is 0.481 e. The Morgan fingerprint density at radius 3 is 2.29 bits per heavy atom. The number of carboxylic acids is 1. The fraction of sp³-hybridized carbons (Fsp3) is 0.867. The van der Waals surface area contributed by atoms with Gasteiger partial charge in [0.1, 0.15) is 0 Å². The Morgan fingerprint density at radius 2 is 1.76 bits per heavy atom. The van der Waals surface area contributed by atoms with E-state index in [9.17, 15) is 14.7 Å². The number of hydrogen-bond acceptors (Lipinski definition) is 3. The molecular weight excluding hydrogens is 270 g/mol. The minimum Gasteiger partial charge on any atom is -0.481 e. The zero-order valence-corrected chi connectivity index (χ0v) is 13.3. The number of aliphatic carboxylic acids is 1. The second kappa shape index (κ2) is 8.87. The standard InChI is InChI=1S/C15H29N3O3/c1-3-18(4-2)11-7-10-16-14(21)17-12-15(13(19)20)8-5-6-9-15/h3-12H2,1-2H3,(H,19,20)(H2,16,17,21). The van der Waals surface area contributed by atoms with Crippen LogP contribution in [0, 0.1) is 5.41 Å². The average Bonchev–Trinajstić information content (AvgIpc) is 2.95. The number of nitrogens with one attached hydrogen (secondary N) is 2. The fourth-order valence-electron chi connectivity index (χ4n) is 2.87. The first kappa shape index (κ1) is 17.8. The summed E-state index contributed by atoms with van der Waals surface area (Å²) in [7, 11) is 0. The van der Waals surface area contributed by atoms with E-state index < -0.39 is 11.4 Å². The molecule has 1 aliphatic carbocycles. The molecule has 6 nitrogen and oxygen atoms in total. The summed E-state index contributed by atoms with van der Waals surface area (Å²) in [6.45, 7) is 8.08. The van der Waals surface area contributed by atoms with Crippen molar-refractivity contribution >= 4 is 12.0 Å². The topological polar surface area (TPSA) is 81.7 Å². The van der Waals surface area contributed by atoms with Crippen LogP contribution in [0.2, 0.25) is 0 Å². The maximum Gasteiger partial charge on any atom is 0.314 e. The number of rotatable bonds is 9. The van der Waals surface area contributed by atoms with Gasteiger partial charge in [-0.15, -0.1) is 0 Å². The van der Waals surface area contributed by atoms with E-state index in [-0.39, 0.29) is 12.6 Å². The highest BCUT2D eigenvalue weighted by atomic mass is 16.4. The molecule has 2 amide bonds. The van der Waals surface area contributed by atoms with E-state index in [1.165, 1.54) is 0 Å². The lowest BCUT2D eigenvalue weighted by atomic mass is 9.86. The summed E-state index contributed by atoms with van der Waals surface area (Å²) in [5.74, 6) is -0.790. The summed E-state index contributed by atoms with van der Waals surface area (Å²) in [5, 5.41) is 14.8. The van der Waals surface area contributed by atoms with Gasteiger partial charge in [0.15, 0.2) is 0 Å². The van der Waals surface area contributed by atoms with Gasteiger partial charge in [-0.3, -0.25) is 4.79 Å². The Balaban J connectivity index is 2.20. The smallest absolute Gasteiger partial charge is 0.314 e. The molecule has 0 saturated heterocycles.